The first-order valence-corrected chi connectivity index (χ1v) is 6.52. The highest BCUT2D eigenvalue weighted by Crippen LogP contribution is 2.31. The molecule has 3 N–H and O–H groups in total. The van der Waals surface area contributed by atoms with Gasteiger partial charge >= 0.3 is 0 Å². The highest BCUT2D eigenvalue weighted by Gasteiger charge is 2.34. The van der Waals surface area contributed by atoms with E-state index in [2.05, 4.69) is 5.32 Å². The van der Waals surface area contributed by atoms with Crippen molar-refractivity contribution in [2.75, 3.05) is 25.6 Å². The van der Waals surface area contributed by atoms with Crippen LogP contribution in [0.4, 0.5) is 10.1 Å². The predicted octanol–water partition coefficient (Wildman–Crippen LogP) is 2.14. The van der Waals surface area contributed by atoms with E-state index in [1.807, 2.05) is 6.92 Å². The second-order valence-electron chi connectivity index (χ2n) is 5.09. The molecule has 0 spiro atoms. The third kappa shape index (κ3) is 3.16. The molecule has 2 atom stereocenters. The van der Waals surface area contributed by atoms with Gasteiger partial charge in [-0.1, -0.05) is 0 Å². The first kappa shape index (κ1) is 14.1. The molecule has 1 fully saturated rings. The normalized spacial score (nSPS) is 27.1. The fourth-order valence-corrected chi connectivity index (χ4v) is 2.53. The molecule has 5 heteroatoms. The largest absolute Gasteiger partial charge is 0.497 e. The van der Waals surface area contributed by atoms with Gasteiger partial charge < -0.3 is 20.5 Å². The number of hydrogen-bond donors (Lipinski definition) is 2. The number of nitrogens with two attached hydrogens (primary N) is 1. The molecule has 0 saturated carbocycles. The Kier molecular flexibility index (Phi) is 4.27. The fraction of sp³-hybridized carbons (Fsp3) is 0.571. The van der Waals surface area contributed by atoms with E-state index in [1.165, 1.54) is 6.07 Å². The summed E-state index contributed by atoms with van der Waals surface area (Å²) in [6.45, 7) is 3.08. The molecule has 106 valence electrons. The zero-order valence-electron chi connectivity index (χ0n) is 11.4. The van der Waals surface area contributed by atoms with Crippen LogP contribution in [0.25, 0.3) is 0 Å². The van der Waals surface area contributed by atoms with Crippen LogP contribution in [-0.2, 0) is 4.74 Å². The molecule has 0 aliphatic carbocycles. The molecule has 1 aliphatic heterocycles. The predicted molar refractivity (Wildman–Crippen MR) is 73.0 cm³/mol. The molecule has 0 bridgehead atoms. The summed E-state index contributed by atoms with van der Waals surface area (Å²) in [5.74, 6) is 0.323. The van der Waals surface area contributed by atoms with Crippen molar-refractivity contribution in [2.45, 2.75) is 31.4 Å². The van der Waals surface area contributed by atoms with Crippen molar-refractivity contribution in [3.8, 4) is 5.75 Å². The Morgan fingerprint density at radius 2 is 2.37 bits per heavy atom. The quantitative estimate of drug-likeness (QED) is 0.878. The van der Waals surface area contributed by atoms with Gasteiger partial charge in [-0.3, -0.25) is 0 Å². The number of halogens is 1. The van der Waals surface area contributed by atoms with E-state index in [0.29, 0.717) is 24.6 Å². The van der Waals surface area contributed by atoms with E-state index in [0.717, 1.165) is 12.8 Å². The molecule has 19 heavy (non-hydrogen) atoms. The maximum Gasteiger partial charge on any atom is 0.146 e. The Morgan fingerprint density at radius 1 is 1.58 bits per heavy atom. The Labute approximate surface area is 113 Å². The van der Waals surface area contributed by atoms with Gasteiger partial charge in [0.25, 0.3) is 0 Å². The van der Waals surface area contributed by atoms with Crippen molar-refractivity contribution in [3.63, 3.8) is 0 Å². The number of hydrogen-bond acceptors (Lipinski definition) is 4. The fourth-order valence-electron chi connectivity index (χ4n) is 2.53. The van der Waals surface area contributed by atoms with Gasteiger partial charge in [-0.2, -0.15) is 0 Å². The molecule has 0 aromatic heterocycles. The topological polar surface area (TPSA) is 56.5 Å². The number of rotatable bonds is 4. The van der Waals surface area contributed by atoms with Crippen molar-refractivity contribution in [3.05, 3.63) is 24.0 Å². The number of benzene rings is 1. The monoisotopic (exact) mass is 268 g/mol. The van der Waals surface area contributed by atoms with Crippen molar-refractivity contribution >= 4 is 5.69 Å². The van der Waals surface area contributed by atoms with E-state index in [4.69, 9.17) is 15.2 Å². The van der Waals surface area contributed by atoms with Gasteiger partial charge in [0, 0.05) is 19.2 Å². The number of methoxy groups -OCH3 is 1. The maximum atomic E-state index is 13.9. The molecular formula is C14H21FN2O2. The lowest BCUT2D eigenvalue weighted by Crippen LogP contribution is -2.51. The molecule has 1 heterocycles. The molecule has 4 nitrogen and oxygen atoms in total. The molecular weight excluding hydrogens is 247 g/mol. The smallest absolute Gasteiger partial charge is 0.146 e. The molecule has 2 unspecified atom stereocenters. The Morgan fingerprint density at radius 3 is 3.00 bits per heavy atom. The van der Waals surface area contributed by atoms with Crippen LogP contribution in [0.3, 0.4) is 0 Å². The number of ether oxygens (including phenoxy) is 2. The Bertz CT molecular complexity index is 441. The van der Waals surface area contributed by atoms with Crippen molar-refractivity contribution in [1.82, 2.24) is 0 Å². The van der Waals surface area contributed by atoms with E-state index >= 15 is 0 Å². The minimum Gasteiger partial charge on any atom is -0.497 e. The minimum absolute atomic E-state index is 0.124. The van der Waals surface area contributed by atoms with Crippen molar-refractivity contribution in [2.24, 2.45) is 5.73 Å². The molecule has 0 amide bonds. The lowest BCUT2D eigenvalue weighted by Gasteiger charge is -2.40. The number of anilines is 1. The molecule has 1 aromatic carbocycles. The van der Waals surface area contributed by atoms with Gasteiger partial charge in [0.1, 0.15) is 11.6 Å². The summed E-state index contributed by atoms with van der Waals surface area (Å²) in [6, 6.07) is 4.66. The molecule has 2 rings (SSSR count). The second-order valence-corrected chi connectivity index (χ2v) is 5.09. The summed E-state index contributed by atoms with van der Waals surface area (Å²) in [5.41, 5.74) is 6.01. The van der Waals surface area contributed by atoms with Crippen LogP contribution >= 0.6 is 0 Å². The van der Waals surface area contributed by atoms with Crippen LogP contribution < -0.4 is 15.8 Å². The lowest BCUT2D eigenvalue weighted by molar-refractivity contribution is 0.000185. The average Bonchev–Trinajstić information content (AvgIpc) is 2.41. The molecule has 1 aromatic rings. The van der Waals surface area contributed by atoms with Crippen molar-refractivity contribution in [1.29, 1.82) is 0 Å². The van der Waals surface area contributed by atoms with Gasteiger partial charge in [-0.15, -0.1) is 0 Å². The van der Waals surface area contributed by atoms with Crippen LogP contribution in [0, 0.1) is 5.82 Å². The van der Waals surface area contributed by atoms with Gasteiger partial charge in [0.2, 0.25) is 0 Å². The van der Waals surface area contributed by atoms with Gasteiger partial charge in [-0.05, 0) is 31.9 Å². The van der Waals surface area contributed by atoms with Crippen LogP contribution in [0.5, 0.6) is 5.75 Å². The summed E-state index contributed by atoms with van der Waals surface area (Å²) < 4.78 is 24.5. The van der Waals surface area contributed by atoms with Crippen LogP contribution in [0.1, 0.15) is 19.8 Å². The van der Waals surface area contributed by atoms with Crippen LogP contribution in [-0.4, -0.2) is 31.9 Å². The van der Waals surface area contributed by atoms with Gasteiger partial charge in [-0.25, -0.2) is 4.39 Å². The third-order valence-corrected chi connectivity index (χ3v) is 3.63. The summed E-state index contributed by atoms with van der Waals surface area (Å²) in [4.78, 5) is 0. The highest BCUT2D eigenvalue weighted by atomic mass is 19.1. The SMILES string of the molecule is COc1ccc(F)c(NC2(CN)CCOC(C)C2)c1. The van der Waals surface area contributed by atoms with E-state index < -0.39 is 0 Å². The number of nitrogens with one attached hydrogen (secondary N) is 1. The maximum absolute atomic E-state index is 13.9. The summed E-state index contributed by atoms with van der Waals surface area (Å²) in [5, 5.41) is 3.26. The van der Waals surface area contributed by atoms with Gasteiger partial charge in [0.05, 0.1) is 24.4 Å². The van der Waals surface area contributed by atoms with E-state index in [1.54, 1.807) is 19.2 Å². The average molecular weight is 268 g/mol. The van der Waals surface area contributed by atoms with Crippen LogP contribution in [0.15, 0.2) is 18.2 Å². The molecule has 0 radical (unpaired) electrons. The second kappa shape index (κ2) is 5.75. The zero-order chi connectivity index (χ0) is 13.9. The first-order chi connectivity index (χ1) is 9.08. The molecule has 1 aliphatic rings. The minimum atomic E-state index is -0.315. The lowest BCUT2D eigenvalue weighted by atomic mass is 9.86. The van der Waals surface area contributed by atoms with E-state index in [9.17, 15) is 4.39 Å². The third-order valence-electron chi connectivity index (χ3n) is 3.63. The standard InChI is InChI=1S/C14H21FN2O2/c1-10-8-14(9-16,5-6-19-10)17-13-7-11(18-2)3-4-12(13)15/h3-4,7,10,17H,5-6,8-9,16H2,1-2H3. The first-order valence-electron chi connectivity index (χ1n) is 6.52. The zero-order valence-corrected chi connectivity index (χ0v) is 11.4. The highest BCUT2D eigenvalue weighted by molar-refractivity contribution is 5.51. The van der Waals surface area contributed by atoms with Crippen molar-refractivity contribution < 1.29 is 13.9 Å². The summed E-state index contributed by atoms with van der Waals surface area (Å²) in [7, 11) is 1.56. The van der Waals surface area contributed by atoms with Crippen LogP contribution in [0.2, 0.25) is 0 Å². The summed E-state index contributed by atoms with van der Waals surface area (Å²) in [6.07, 6.45) is 1.66. The Balaban J connectivity index is 2.22. The van der Waals surface area contributed by atoms with E-state index in [-0.39, 0.29) is 17.5 Å². The van der Waals surface area contributed by atoms with Gasteiger partial charge in [0.15, 0.2) is 0 Å². The molecule has 1 saturated heterocycles. The Hall–Kier alpha value is -1.33. The summed E-state index contributed by atoms with van der Waals surface area (Å²) >= 11 is 0.